The molecule has 0 spiro atoms. The van der Waals surface area contributed by atoms with Gasteiger partial charge in [0.05, 0.1) is 19.5 Å². The van der Waals surface area contributed by atoms with Crippen molar-refractivity contribution < 1.29 is 28.5 Å². The van der Waals surface area contributed by atoms with Gasteiger partial charge < -0.3 is 23.7 Å². The van der Waals surface area contributed by atoms with Gasteiger partial charge in [0.25, 0.3) is 0 Å². The standard InChI is InChI=1S/C36H33O6P.Li/c1-38-30-19-12-20-31(39-2)34(30)36(37)43-35-32(41-24-27-15-8-4-9-16-27)21-29(40-23-26-13-6-3-7-14-26)22-33(35)42-25-28-17-10-5-11-18-28;/h3-22,43H,23-25H2,1-2H3;. The van der Waals surface area contributed by atoms with E-state index in [9.17, 15) is 4.79 Å². The van der Waals surface area contributed by atoms with Gasteiger partial charge in [-0.15, -0.1) is 0 Å². The molecule has 0 heterocycles. The van der Waals surface area contributed by atoms with Crippen molar-refractivity contribution in [1.29, 1.82) is 0 Å². The molecule has 1 unspecified atom stereocenters. The van der Waals surface area contributed by atoms with Crippen LogP contribution in [0.1, 0.15) is 27.0 Å². The Bertz CT molecular complexity index is 1540. The molecule has 0 N–H and O–H groups in total. The molecule has 0 saturated heterocycles. The molecular weight excluding hydrogens is 566 g/mol. The predicted molar refractivity (Wildman–Crippen MR) is 176 cm³/mol. The van der Waals surface area contributed by atoms with Crippen molar-refractivity contribution in [2.24, 2.45) is 0 Å². The second-order valence-electron chi connectivity index (χ2n) is 9.61. The molecule has 1 atom stereocenters. The van der Waals surface area contributed by atoms with E-state index >= 15 is 0 Å². The van der Waals surface area contributed by atoms with Gasteiger partial charge in [0.15, 0.2) is 5.52 Å². The maximum atomic E-state index is 13.9. The van der Waals surface area contributed by atoms with Crippen LogP contribution in [0.25, 0.3) is 0 Å². The first-order chi connectivity index (χ1) is 21.1. The van der Waals surface area contributed by atoms with E-state index in [2.05, 4.69) is 0 Å². The quantitative estimate of drug-likeness (QED) is 0.0994. The Morgan fingerprint density at radius 2 is 0.955 bits per heavy atom. The van der Waals surface area contributed by atoms with E-state index < -0.39 is 0 Å². The average molecular weight is 600 g/mol. The first-order valence-corrected chi connectivity index (χ1v) is 14.8. The van der Waals surface area contributed by atoms with E-state index in [0.29, 0.717) is 59.4 Å². The summed E-state index contributed by atoms with van der Waals surface area (Å²) in [7, 11) is 2.73. The second-order valence-corrected chi connectivity index (χ2v) is 10.8. The Morgan fingerprint density at radius 3 is 1.36 bits per heavy atom. The monoisotopic (exact) mass is 599 g/mol. The molecule has 219 valence electrons. The summed E-state index contributed by atoms with van der Waals surface area (Å²) in [5.74, 6) is 2.48. The molecule has 0 aliphatic heterocycles. The summed E-state index contributed by atoms with van der Waals surface area (Å²) in [6, 6.07) is 38.7. The number of benzene rings is 5. The molecule has 0 aliphatic carbocycles. The number of carbonyl (C=O) groups excluding carboxylic acids is 1. The molecule has 5 aromatic carbocycles. The molecule has 0 amide bonds. The zero-order valence-corrected chi connectivity index (χ0v) is 26.1. The minimum absolute atomic E-state index is 0. The number of methoxy groups -OCH3 is 2. The van der Waals surface area contributed by atoms with Crippen molar-refractivity contribution >= 4 is 38.3 Å². The van der Waals surface area contributed by atoms with Crippen LogP contribution in [0, 0.1) is 0 Å². The number of ether oxygens (including phenoxy) is 5. The van der Waals surface area contributed by atoms with E-state index in [1.807, 2.05) is 103 Å². The van der Waals surface area contributed by atoms with Crippen LogP contribution in [0.3, 0.4) is 0 Å². The van der Waals surface area contributed by atoms with E-state index in [4.69, 9.17) is 23.7 Å². The summed E-state index contributed by atoms with van der Waals surface area (Å²) < 4.78 is 30.1. The molecule has 5 rings (SSSR count). The summed E-state index contributed by atoms with van der Waals surface area (Å²) >= 11 is 0. The SMILES string of the molecule is COc1cccc(OC)c1C(=O)Pc1c(OCc2ccccc2)cc(OCc2ccccc2)cc1OCc1ccccc1.[Li]. The van der Waals surface area contributed by atoms with Gasteiger partial charge >= 0.3 is 0 Å². The molecule has 0 fully saturated rings. The number of rotatable bonds is 14. The number of hydrogen-bond donors (Lipinski definition) is 0. The van der Waals surface area contributed by atoms with Gasteiger partial charge in [-0.05, 0) is 37.4 Å². The molecule has 0 aliphatic rings. The van der Waals surface area contributed by atoms with E-state index in [1.165, 1.54) is 14.2 Å². The zero-order valence-electron chi connectivity index (χ0n) is 25.1. The van der Waals surface area contributed by atoms with Crippen LogP contribution in [0.5, 0.6) is 28.7 Å². The van der Waals surface area contributed by atoms with Crippen molar-refractivity contribution in [2.75, 3.05) is 14.2 Å². The molecule has 8 heteroatoms. The fourth-order valence-electron chi connectivity index (χ4n) is 4.46. The molecule has 44 heavy (non-hydrogen) atoms. The summed E-state index contributed by atoms with van der Waals surface area (Å²) in [5, 5.41) is 0.636. The maximum Gasteiger partial charge on any atom is 0.193 e. The Hall–Kier alpha value is -4.20. The van der Waals surface area contributed by atoms with Crippen LogP contribution in [0.15, 0.2) is 121 Å². The van der Waals surface area contributed by atoms with Crippen molar-refractivity contribution in [1.82, 2.24) is 0 Å². The smallest absolute Gasteiger partial charge is 0.193 e. The molecule has 1 radical (unpaired) electrons. The molecule has 0 saturated carbocycles. The van der Waals surface area contributed by atoms with Gasteiger partial charge in [-0.1, -0.05) is 97.1 Å². The maximum absolute atomic E-state index is 13.9. The van der Waals surface area contributed by atoms with Gasteiger partial charge in [-0.3, -0.25) is 4.79 Å². The minimum atomic E-state index is -0.346. The van der Waals surface area contributed by atoms with Gasteiger partial charge in [0, 0.05) is 31.0 Å². The van der Waals surface area contributed by atoms with Crippen LogP contribution < -0.4 is 29.0 Å². The van der Waals surface area contributed by atoms with Crippen LogP contribution in [0.2, 0.25) is 0 Å². The van der Waals surface area contributed by atoms with Gasteiger partial charge in [0.1, 0.15) is 54.1 Å². The van der Waals surface area contributed by atoms with Gasteiger partial charge in [-0.25, -0.2) is 0 Å². The summed E-state index contributed by atoms with van der Waals surface area (Å²) in [6.45, 7) is 0.992. The summed E-state index contributed by atoms with van der Waals surface area (Å²) in [4.78, 5) is 13.9. The van der Waals surface area contributed by atoms with Crippen molar-refractivity contribution in [3.8, 4) is 28.7 Å². The topological polar surface area (TPSA) is 63.2 Å². The van der Waals surface area contributed by atoms with E-state index in [0.717, 1.165) is 16.7 Å². The third-order valence-electron chi connectivity index (χ3n) is 6.66. The van der Waals surface area contributed by atoms with E-state index in [1.54, 1.807) is 18.2 Å². The largest absolute Gasteiger partial charge is 0.496 e. The van der Waals surface area contributed by atoms with Gasteiger partial charge in [-0.2, -0.15) is 0 Å². The van der Waals surface area contributed by atoms with Crippen LogP contribution in [0.4, 0.5) is 0 Å². The average Bonchev–Trinajstić information content (AvgIpc) is 3.07. The first-order valence-electron chi connectivity index (χ1n) is 13.8. The fraction of sp³-hybridized carbons (Fsp3) is 0.139. The summed E-state index contributed by atoms with van der Waals surface area (Å²) in [5.41, 5.74) is 3.23. The van der Waals surface area contributed by atoms with Gasteiger partial charge in [0.2, 0.25) is 0 Å². The van der Waals surface area contributed by atoms with Crippen molar-refractivity contribution in [3.05, 3.63) is 144 Å². The summed E-state index contributed by atoms with van der Waals surface area (Å²) in [6.07, 6.45) is 0. The Morgan fingerprint density at radius 1 is 0.545 bits per heavy atom. The van der Waals surface area contributed by atoms with Crippen LogP contribution in [-0.4, -0.2) is 38.6 Å². The predicted octanol–water partition coefficient (Wildman–Crippen LogP) is 7.20. The normalized spacial score (nSPS) is 10.6. The molecule has 6 nitrogen and oxygen atoms in total. The number of hydrogen-bond acceptors (Lipinski definition) is 6. The Balaban J connectivity index is 0.00000442. The molecule has 0 aromatic heterocycles. The zero-order chi connectivity index (χ0) is 29.9. The van der Waals surface area contributed by atoms with Crippen LogP contribution in [-0.2, 0) is 19.8 Å². The van der Waals surface area contributed by atoms with Crippen LogP contribution >= 0.6 is 8.58 Å². The third kappa shape index (κ3) is 8.68. The third-order valence-corrected chi connectivity index (χ3v) is 7.88. The molecular formula is C36H33LiO6P. The Kier molecular flexibility index (Phi) is 12.3. The minimum Gasteiger partial charge on any atom is -0.496 e. The molecule has 5 aromatic rings. The molecule has 0 bridgehead atoms. The number of carbonyl (C=O) groups is 1. The van der Waals surface area contributed by atoms with Crippen molar-refractivity contribution in [3.63, 3.8) is 0 Å². The van der Waals surface area contributed by atoms with Crippen molar-refractivity contribution in [2.45, 2.75) is 19.8 Å². The fourth-order valence-corrected chi connectivity index (χ4v) is 5.60. The van der Waals surface area contributed by atoms with E-state index in [-0.39, 0.29) is 33.0 Å². The Labute approximate surface area is 272 Å². The second kappa shape index (κ2) is 16.6. The first kappa shape index (κ1) is 32.7.